The van der Waals surface area contributed by atoms with Crippen molar-refractivity contribution in [1.82, 2.24) is 9.88 Å². The molecule has 4 rings (SSSR count). The second-order valence-electron chi connectivity index (χ2n) is 6.23. The molecule has 0 saturated carbocycles. The van der Waals surface area contributed by atoms with Crippen molar-refractivity contribution in [3.05, 3.63) is 64.7 Å². The van der Waals surface area contributed by atoms with E-state index in [9.17, 15) is 0 Å². The third kappa shape index (κ3) is 3.35. The summed E-state index contributed by atoms with van der Waals surface area (Å²) < 4.78 is 0. The molecule has 2 heterocycles. The summed E-state index contributed by atoms with van der Waals surface area (Å²) >= 11 is 1.65. The van der Waals surface area contributed by atoms with Crippen LogP contribution in [0.5, 0.6) is 0 Å². The van der Waals surface area contributed by atoms with Gasteiger partial charge in [-0.3, -0.25) is 4.90 Å². The lowest BCUT2D eigenvalue weighted by Gasteiger charge is -2.17. The van der Waals surface area contributed by atoms with Crippen LogP contribution in [0.3, 0.4) is 0 Å². The van der Waals surface area contributed by atoms with Gasteiger partial charge in [0.2, 0.25) is 0 Å². The quantitative estimate of drug-likeness (QED) is 0.787. The highest BCUT2D eigenvalue weighted by Gasteiger charge is 2.16. The molecule has 1 aliphatic rings. The first-order chi connectivity index (χ1) is 11.8. The number of fused-ring (bicyclic) bond motifs is 2. The lowest BCUT2D eigenvalue weighted by molar-refractivity contribution is 0.318. The molecule has 0 bridgehead atoms. The minimum Gasteiger partial charge on any atom is -0.375 e. The van der Waals surface area contributed by atoms with E-state index in [1.54, 1.807) is 11.3 Å². The van der Waals surface area contributed by atoms with E-state index >= 15 is 0 Å². The summed E-state index contributed by atoms with van der Waals surface area (Å²) in [5, 5.41) is 3.30. The zero-order chi connectivity index (χ0) is 16.4. The highest BCUT2D eigenvalue weighted by molar-refractivity contribution is 7.15. The molecule has 0 radical (unpaired) electrons. The van der Waals surface area contributed by atoms with Crippen LogP contribution in [0.4, 0.5) is 5.13 Å². The number of anilines is 1. The topological polar surface area (TPSA) is 42.1 Å². The first kappa shape index (κ1) is 15.4. The Hall–Kier alpha value is -2.17. The number of benzene rings is 2. The summed E-state index contributed by atoms with van der Waals surface area (Å²) in [6.07, 6.45) is 6.56. The summed E-state index contributed by atoms with van der Waals surface area (Å²) in [4.78, 5) is 8.31. The van der Waals surface area contributed by atoms with Crippen molar-refractivity contribution in [2.24, 2.45) is 0 Å². The van der Waals surface area contributed by atoms with Gasteiger partial charge in [0, 0.05) is 30.9 Å². The van der Waals surface area contributed by atoms with Gasteiger partial charge in [-0.25, -0.2) is 4.98 Å². The van der Waals surface area contributed by atoms with Crippen LogP contribution in [-0.4, -0.2) is 29.5 Å². The molecule has 1 aliphatic heterocycles. The minimum atomic E-state index is 0.713. The van der Waals surface area contributed by atoms with E-state index in [2.05, 4.69) is 64.5 Å². The fraction of sp³-hybridized carbons (Fsp3) is 0.250. The Morgan fingerprint density at radius 1 is 1.08 bits per heavy atom. The Labute approximate surface area is 146 Å². The third-order valence-corrected chi connectivity index (χ3v) is 5.55. The van der Waals surface area contributed by atoms with E-state index in [-0.39, 0.29) is 0 Å². The summed E-state index contributed by atoms with van der Waals surface area (Å²) in [6, 6.07) is 15.1. The molecule has 122 valence electrons. The van der Waals surface area contributed by atoms with E-state index in [1.807, 2.05) is 0 Å². The summed E-state index contributed by atoms with van der Waals surface area (Å²) in [5.41, 5.74) is 8.28. The molecule has 2 N–H and O–H groups in total. The van der Waals surface area contributed by atoms with Gasteiger partial charge in [-0.15, -0.1) is 11.3 Å². The van der Waals surface area contributed by atoms with Gasteiger partial charge in [0.25, 0.3) is 0 Å². The standard InChI is InChI=1S/C20H21N3S/c21-20-22-18-9-12-23(13-10-19(18)24-20)11-3-4-15-7-8-16-5-1-2-6-17(16)14-15/h1-8,14H,9-13H2,(H2,21,22)/b4-3+. The molecule has 0 atom stereocenters. The van der Waals surface area contributed by atoms with Crippen molar-refractivity contribution >= 4 is 33.3 Å². The maximum Gasteiger partial charge on any atom is 0.180 e. The molecule has 24 heavy (non-hydrogen) atoms. The second kappa shape index (κ2) is 6.75. The smallest absolute Gasteiger partial charge is 0.180 e. The van der Waals surface area contributed by atoms with Crippen LogP contribution in [0.1, 0.15) is 16.1 Å². The van der Waals surface area contributed by atoms with Gasteiger partial charge in [0.15, 0.2) is 5.13 Å². The summed E-state index contributed by atoms with van der Waals surface area (Å²) in [6.45, 7) is 3.12. The van der Waals surface area contributed by atoms with Crippen LogP contribution >= 0.6 is 11.3 Å². The monoisotopic (exact) mass is 335 g/mol. The van der Waals surface area contributed by atoms with Crippen LogP contribution < -0.4 is 5.73 Å². The SMILES string of the molecule is Nc1nc2c(s1)CCN(C/C=C/c1ccc3ccccc3c1)CC2. The Balaban J connectivity index is 1.39. The van der Waals surface area contributed by atoms with Crippen molar-refractivity contribution < 1.29 is 0 Å². The Morgan fingerprint density at radius 2 is 1.92 bits per heavy atom. The zero-order valence-corrected chi connectivity index (χ0v) is 14.4. The maximum absolute atomic E-state index is 5.81. The fourth-order valence-electron chi connectivity index (χ4n) is 3.26. The van der Waals surface area contributed by atoms with Crippen molar-refractivity contribution in [2.75, 3.05) is 25.4 Å². The molecule has 0 saturated heterocycles. The van der Waals surface area contributed by atoms with Gasteiger partial charge >= 0.3 is 0 Å². The second-order valence-corrected chi connectivity index (χ2v) is 7.35. The lowest BCUT2D eigenvalue weighted by Crippen LogP contribution is -2.26. The van der Waals surface area contributed by atoms with E-state index in [0.717, 1.165) is 32.5 Å². The van der Waals surface area contributed by atoms with Crippen LogP contribution in [0.2, 0.25) is 0 Å². The maximum atomic E-state index is 5.81. The first-order valence-electron chi connectivity index (χ1n) is 8.40. The minimum absolute atomic E-state index is 0.713. The average molecular weight is 335 g/mol. The number of nitrogens with zero attached hydrogens (tertiary/aromatic N) is 2. The van der Waals surface area contributed by atoms with Gasteiger partial charge in [-0.2, -0.15) is 0 Å². The van der Waals surface area contributed by atoms with E-state index in [4.69, 9.17) is 5.73 Å². The summed E-state index contributed by atoms with van der Waals surface area (Å²) in [7, 11) is 0. The van der Waals surface area contributed by atoms with Crippen molar-refractivity contribution in [3.63, 3.8) is 0 Å². The van der Waals surface area contributed by atoms with Crippen molar-refractivity contribution in [2.45, 2.75) is 12.8 Å². The third-order valence-electron chi connectivity index (χ3n) is 4.56. The number of nitrogens with two attached hydrogens (primary N) is 1. The fourth-order valence-corrected chi connectivity index (χ4v) is 4.13. The van der Waals surface area contributed by atoms with Gasteiger partial charge in [0.05, 0.1) is 5.69 Å². The van der Waals surface area contributed by atoms with Crippen LogP contribution in [-0.2, 0) is 12.8 Å². The van der Waals surface area contributed by atoms with Crippen LogP contribution in [0.15, 0.2) is 48.5 Å². The Kier molecular flexibility index (Phi) is 4.32. The molecule has 0 spiro atoms. The normalized spacial score (nSPS) is 15.7. The lowest BCUT2D eigenvalue weighted by atomic mass is 10.1. The van der Waals surface area contributed by atoms with Crippen LogP contribution in [0.25, 0.3) is 16.8 Å². The molecular formula is C20H21N3S. The highest BCUT2D eigenvalue weighted by atomic mass is 32.1. The molecule has 0 amide bonds. The predicted molar refractivity (Wildman–Crippen MR) is 103 cm³/mol. The number of rotatable bonds is 3. The van der Waals surface area contributed by atoms with E-state index < -0.39 is 0 Å². The molecule has 1 aromatic heterocycles. The molecule has 0 unspecified atom stereocenters. The number of hydrogen-bond donors (Lipinski definition) is 1. The average Bonchev–Trinajstić information content (AvgIpc) is 2.86. The largest absolute Gasteiger partial charge is 0.375 e. The van der Waals surface area contributed by atoms with Crippen LogP contribution in [0, 0.1) is 0 Å². The van der Waals surface area contributed by atoms with Gasteiger partial charge in [0.1, 0.15) is 0 Å². The van der Waals surface area contributed by atoms with Crippen molar-refractivity contribution in [3.8, 4) is 0 Å². The molecule has 3 aromatic rings. The molecular weight excluding hydrogens is 314 g/mol. The summed E-state index contributed by atoms with van der Waals surface area (Å²) in [5.74, 6) is 0. The van der Waals surface area contributed by atoms with E-state index in [1.165, 1.54) is 26.9 Å². The Bertz CT molecular complexity index is 856. The molecule has 4 heteroatoms. The first-order valence-corrected chi connectivity index (χ1v) is 9.21. The molecule has 3 nitrogen and oxygen atoms in total. The molecule has 2 aromatic carbocycles. The number of aromatic nitrogens is 1. The zero-order valence-electron chi connectivity index (χ0n) is 13.6. The predicted octanol–water partition coefficient (Wildman–Crippen LogP) is 3.99. The highest BCUT2D eigenvalue weighted by Crippen LogP contribution is 2.24. The Morgan fingerprint density at radius 3 is 2.83 bits per heavy atom. The molecule has 0 fully saturated rings. The van der Waals surface area contributed by atoms with Gasteiger partial charge in [-0.05, 0) is 28.8 Å². The van der Waals surface area contributed by atoms with E-state index in [0.29, 0.717) is 5.13 Å². The number of hydrogen-bond acceptors (Lipinski definition) is 4. The number of thiazole rings is 1. The molecule has 0 aliphatic carbocycles. The van der Waals surface area contributed by atoms with Gasteiger partial charge in [-0.1, -0.05) is 48.6 Å². The van der Waals surface area contributed by atoms with Crippen molar-refractivity contribution in [1.29, 1.82) is 0 Å². The van der Waals surface area contributed by atoms with Gasteiger partial charge < -0.3 is 5.73 Å². The number of nitrogen functional groups attached to an aromatic ring is 1.